The highest BCUT2D eigenvalue weighted by Gasteiger charge is 2.28. The Morgan fingerprint density at radius 3 is 2.14 bits per heavy atom. The van der Waals surface area contributed by atoms with Crippen LogP contribution in [0.1, 0.15) is 12.8 Å². The predicted molar refractivity (Wildman–Crippen MR) is 74.4 cm³/mol. The van der Waals surface area contributed by atoms with Crippen molar-refractivity contribution in [1.29, 1.82) is 0 Å². The molecule has 0 fully saturated rings. The molecule has 0 aromatic heterocycles. The van der Waals surface area contributed by atoms with Gasteiger partial charge in [0.1, 0.15) is 5.69 Å². The van der Waals surface area contributed by atoms with E-state index in [2.05, 4.69) is 0 Å². The van der Waals surface area contributed by atoms with Crippen molar-refractivity contribution in [3.05, 3.63) is 29.3 Å². The first-order valence-electron chi connectivity index (χ1n) is 6.62. The third-order valence-electron chi connectivity index (χ3n) is 3.44. The maximum Gasteiger partial charge on any atom is 0.334 e. The molecule has 0 N–H and O–H groups in total. The molecule has 0 atom stereocenters. The molecule has 0 spiro atoms. The minimum atomic E-state index is -2.27. The van der Waals surface area contributed by atoms with Gasteiger partial charge in [0.25, 0.3) is 0 Å². The Bertz CT molecular complexity index is 514. The molecule has 0 saturated carbocycles. The normalized spacial score (nSPS) is 11.8. The van der Waals surface area contributed by atoms with Gasteiger partial charge in [-0.05, 0) is 25.4 Å². The Labute approximate surface area is 126 Å². The number of hydrogen-bond acceptors (Lipinski definition) is 3. The molecule has 0 aliphatic carbocycles. The molecule has 0 heterocycles. The van der Waals surface area contributed by atoms with Gasteiger partial charge in [0, 0.05) is 20.3 Å². The maximum absolute atomic E-state index is 13.8. The summed E-state index contributed by atoms with van der Waals surface area (Å²) < 4.78 is 76.5. The number of benzene rings is 1. The fourth-order valence-corrected chi connectivity index (χ4v) is 3.31. The maximum atomic E-state index is 13.8. The SMILES string of the molecule is CO[Si](C)(CCCCN(F)c1cc(F)c(F)c(F)c1F)OC. The van der Waals surface area contributed by atoms with Crippen molar-refractivity contribution in [2.75, 3.05) is 25.9 Å². The Morgan fingerprint density at radius 2 is 1.59 bits per heavy atom. The van der Waals surface area contributed by atoms with Crippen molar-refractivity contribution in [3.8, 4) is 0 Å². The summed E-state index contributed by atoms with van der Waals surface area (Å²) in [4.78, 5) is 0. The van der Waals surface area contributed by atoms with E-state index in [0.29, 0.717) is 12.5 Å². The third kappa shape index (κ3) is 4.40. The fourth-order valence-electron chi connectivity index (χ4n) is 1.84. The van der Waals surface area contributed by atoms with E-state index in [9.17, 15) is 22.0 Å². The predicted octanol–water partition coefficient (Wildman–Crippen LogP) is 4.08. The number of nitrogens with zero attached hydrogens (tertiary/aromatic N) is 1. The minimum absolute atomic E-state index is 0.139. The summed E-state index contributed by atoms with van der Waals surface area (Å²) in [5.41, 5.74) is -0.963. The van der Waals surface area contributed by atoms with E-state index in [0.717, 1.165) is 0 Å². The van der Waals surface area contributed by atoms with Gasteiger partial charge in [-0.2, -0.15) is 0 Å². The monoisotopic (exact) mass is 343 g/mol. The number of anilines is 1. The van der Waals surface area contributed by atoms with Gasteiger partial charge in [0.2, 0.25) is 0 Å². The second kappa shape index (κ2) is 7.89. The number of rotatable bonds is 8. The first-order chi connectivity index (χ1) is 10.3. The lowest BCUT2D eigenvalue weighted by atomic mass is 10.2. The molecule has 0 bridgehead atoms. The molecule has 0 saturated heterocycles. The smallest absolute Gasteiger partial charge is 0.334 e. The molecule has 0 amide bonds. The Hall–Kier alpha value is -1.19. The van der Waals surface area contributed by atoms with Crippen LogP contribution in [0.5, 0.6) is 0 Å². The van der Waals surface area contributed by atoms with Gasteiger partial charge in [0.05, 0.1) is 6.54 Å². The zero-order valence-electron chi connectivity index (χ0n) is 12.6. The average molecular weight is 343 g/mol. The zero-order valence-corrected chi connectivity index (χ0v) is 13.6. The van der Waals surface area contributed by atoms with E-state index in [4.69, 9.17) is 8.85 Å². The fraction of sp³-hybridized carbons (Fsp3) is 0.538. The molecular formula is C13H18F5NO2Si. The largest absolute Gasteiger partial charge is 0.398 e. The molecule has 22 heavy (non-hydrogen) atoms. The first kappa shape index (κ1) is 18.9. The standard InChI is InChI=1S/C13H18F5NO2Si/c1-20-22(3,21-2)7-5-4-6-19(18)10-8-9(14)11(15)13(17)12(10)16/h8H,4-7H2,1-3H3. The number of halogens is 5. The topological polar surface area (TPSA) is 21.7 Å². The van der Waals surface area contributed by atoms with Crippen molar-refractivity contribution in [1.82, 2.24) is 0 Å². The lowest BCUT2D eigenvalue weighted by Gasteiger charge is -2.23. The Morgan fingerprint density at radius 1 is 1.00 bits per heavy atom. The summed E-state index contributed by atoms with van der Waals surface area (Å²) in [5.74, 6) is -7.39. The van der Waals surface area contributed by atoms with Gasteiger partial charge >= 0.3 is 8.56 Å². The van der Waals surface area contributed by atoms with Gasteiger partial charge < -0.3 is 8.85 Å². The molecule has 126 valence electrons. The van der Waals surface area contributed by atoms with Crippen LogP contribution in [-0.4, -0.2) is 29.3 Å². The zero-order chi connectivity index (χ0) is 16.9. The van der Waals surface area contributed by atoms with Crippen LogP contribution >= 0.6 is 0 Å². The van der Waals surface area contributed by atoms with Crippen LogP contribution in [0.2, 0.25) is 12.6 Å². The van der Waals surface area contributed by atoms with E-state index >= 15 is 0 Å². The highest BCUT2D eigenvalue weighted by atomic mass is 28.4. The Balaban J connectivity index is 2.62. The van der Waals surface area contributed by atoms with Gasteiger partial charge in [0.15, 0.2) is 23.3 Å². The van der Waals surface area contributed by atoms with Crippen molar-refractivity contribution < 1.29 is 30.9 Å². The molecule has 0 aliphatic heterocycles. The number of hydrogen-bond donors (Lipinski definition) is 0. The Kier molecular flexibility index (Phi) is 6.76. The van der Waals surface area contributed by atoms with E-state index in [1.807, 2.05) is 6.55 Å². The first-order valence-corrected chi connectivity index (χ1v) is 9.14. The summed E-state index contributed by atoms with van der Waals surface area (Å²) in [6, 6.07) is 0.874. The van der Waals surface area contributed by atoms with Crippen molar-refractivity contribution in [2.24, 2.45) is 0 Å². The summed E-state index contributed by atoms with van der Waals surface area (Å²) in [6.07, 6.45) is 0.810. The van der Waals surface area contributed by atoms with Gasteiger partial charge in [-0.1, -0.05) is 4.48 Å². The lowest BCUT2D eigenvalue weighted by molar-refractivity contribution is 0.248. The molecule has 0 unspecified atom stereocenters. The number of unbranched alkanes of at least 4 members (excludes halogenated alkanes) is 1. The van der Waals surface area contributed by atoms with Crippen LogP contribution in [0.15, 0.2) is 6.07 Å². The van der Waals surface area contributed by atoms with Gasteiger partial charge in [-0.15, -0.1) is 0 Å². The summed E-state index contributed by atoms with van der Waals surface area (Å²) in [7, 11) is 0.779. The molecule has 0 aliphatic rings. The average Bonchev–Trinajstić information content (AvgIpc) is 2.52. The second-order valence-corrected chi connectivity index (χ2v) is 8.49. The lowest BCUT2D eigenvalue weighted by Crippen LogP contribution is -2.35. The van der Waals surface area contributed by atoms with E-state index in [1.54, 1.807) is 0 Å². The molecule has 3 nitrogen and oxygen atoms in total. The molecule has 1 aromatic carbocycles. The molecule has 9 heteroatoms. The van der Waals surface area contributed by atoms with Crippen LogP contribution in [0.3, 0.4) is 0 Å². The van der Waals surface area contributed by atoms with E-state index in [-0.39, 0.29) is 24.2 Å². The molecular weight excluding hydrogens is 325 g/mol. The third-order valence-corrected chi connectivity index (χ3v) is 6.43. The van der Waals surface area contributed by atoms with Crippen molar-refractivity contribution >= 4 is 14.2 Å². The van der Waals surface area contributed by atoms with Crippen LogP contribution in [0.4, 0.5) is 27.7 Å². The molecule has 0 radical (unpaired) electrons. The van der Waals surface area contributed by atoms with E-state index < -0.39 is 37.5 Å². The highest BCUT2D eigenvalue weighted by Crippen LogP contribution is 2.27. The van der Waals surface area contributed by atoms with Gasteiger partial charge in [-0.3, -0.25) is 0 Å². The quantitative estimate of drug-likeness (QED) is 0.177. The van der Waals surface area contributed by atoms with Crippen molar-refractivity contribution in [2.45, 2.75) is 25.4 Å². The minimum Gasteiger partial charge on any atom is -0.398 e. The summed E-state index contributed by atoms with van der Waals surface area (Å²) in [6.45, 7) is 1.55. The van der Waals surface area contributed by atoms with Crippen LogP contribution < -0.4 is 5.12 Å². The second-order valence-electron chi connectivity index (χ2n) is 4.90. The van der Waals surface area contributed by atoms with E-state index in [1.165, 1.54) is 14.2 Å². The van der Waals surface area contributed by atoms with Gasteiger partial charge in [-0.25, -0.2) is 22.7 Å². The van der Waals surface area contributed by atoms with Crippen LogP contribution in [0.25, 0.3) is 0 Å². The summed E-state index contributed by atoms with van der Waals surface area (Å²) in [5, 5.41) is -0.139. The molecule has 1 aromatic rings. The molecule has 1 rings (SSSR count). The highest BCUT2D eigenvalue weighted by molar-refractivity contribution is 6.65. The van der Waals surface area contributed by atoms with Crippen molar-refractivity contribution in [3.63, 3.8) is 0 Å². The summed E-state index contributed by atoms with van der Waals surface area (Å²) >= 11 is 0. The van der Waals surface area contributed by atoms with Crippen LogP contribution in [-0.2, 0) is 8.85 Å². The van der Waals surface area contributed by atoms with Crippen LogP contribution in [0, 0.1) is 23.3 Å².